The van der Waals surface area contributed by atoms with E-state index in [1.54, 1.807) is 14.0 Å². The molecule has 1 N–H and O–H groups in total. The number of hydrogen-bond donors (Lipinski definition) is 1. The second-order valence-corrected chi connectivity index (χ2v) is 5.56. The van der Waals surface area contributed by atoms with E-state index in [0.717, 1.165) is 20.4 Å². The molecule has 0 saturated carbocycles. The summed E-state index contributed by atoms with van der Waals surface area (Å²) in [7, 11) is 1.62. The Morgan fingerprint density at radius 3 is 2.33 bits per heavy atom. The molecule has 0 heterocycles. The lowest BCUT2D eigenvalue weighted by atomic mass is 9.88. The normalized spacial score (nSPS) is 14.0. The predicted molar refractivity (Wildman–Crippen MR) is 80.8 cm³/mol. The van der Waals surface area contributed by atoms with Crippen LogP contribution in [0.15, 0.2) is 48.5 Å². The van der Waals surface area contributed by atoms with Crippen molar-refractivity contribution in [2.75, 3.05) is 7.11 Å². The van der Waals surface area contributed by atoms with Gasteiger partial charge in [-0.2, -0.15) is 0 Å². The minimum atomic E-state index is -1.02. The van der Waals surface area contributed by atoms with Gasteiger partial charge in [-0.25, -0.2) is 0 Å². The lowest BCUT2D eigenvalue weighted by Gasteiger charge is -2.25. The summed E-state index contributed by atoms with van der Waals surface area (Å²) >= 11 is 2.25. The summed E-state index contributed by atoms with van der Waals surface area (Å²) in [5, 5.41) is 10.7. The Labute approximate surface area is 121 Å². The highest BCUT2D eigenvalue weighted by Crippen LogP contribution is 2.31. The summed E-state index contributed by atoms with van der Waals surface area (Å²) < 4.78 is 6.34. The Hall–Kier alpha value is -1.07. The molecule has 0 bridgehead atoms. The minimum Gasteiger partial charge on any atom is -0.497 e. The van der Waals surface area contributed by atoms with Crippen LogP contribution in [0.4, 0.5) is 0 Å². The van der Waals surface area contributed by atoms with E-state index in [2.05, 4.69) is 22.6 Å². The average molecular weight is 354 g/mol. The van der Waals surface area contributed by atoms with E-state index in [9.17, 15) is 5.11 Å². The molecule has 0 aliphatic carbocycles. The molecule has 0 aromatic heterocycles. The maximum absolute atomic E-state index is 10.7. The van der Waals surface area contributed by atoms with E-state index in [4.69, 9.17) is 4.74 Å². The number of benzene rings is 2. The number of halogens is 1. The van der Waals surface area contributed by atoms with Gasteiger partial charge in [-0.1, -0.05) is 24.3 Å². The lowest BCUT2D eigenvalue weighted by Crippen LogP contribution is -2.22. The van der Waals surface area contributed by atoms with Crippen molar-refractivity contribution in [2.45, 2.75) is 12.5 Å². The zero-order valence-corrected chi connectivity index (χ0v) is 12.5. The van der Waals surface area contributed by atoms with Gasteiger partial charge in [0.05, 0.1) is 7.11 Å². The van der Waals surface area contributed by atoms with Crippen LogP contribution in [0.2, 0.25) is 0 Å². The Morgan fingerprint density at radius 2 is 1.72 bits per heavy atom. The third-order valence-corrected chi connectivity index (χ3v) is 3.76. The first kappa shape index (κ1) is 13.4. The molecule has 94 valence electrons. The van der Waals surface area contributed by atoms with E-state index in [1.165, 1.54) is 0 Å². The molecule has 0 aliphatic rings. The summed E-state index contributed by atoms with van der Waals surface area (Å²) in [6.07, 6.45) is 0. The fourth-order valence-electron chi connectivity index (χ4n) is 1.87. The van der Waals surface area contributed by atoms with Crippen molar-refractivity contribution in [1.82, 2.24) is 0 Å². The van der Waals surface area contributed by atoms with E-state index in [1.807, 2.05) is 48.5 Å². The molecule has 0 radical (unpaired) electrons. The van der Waals surface area contributed by atoms with E-state index < -0.39 is 5.60 Å². The smallest absolute Gasteiger partial charge is 0.119 e. The van der Waals surface area contributed by atoms with E-state index >= 15 is 0 Å². The van der Waals surface area contributed by atoms with Gasteiger partial charge in [-0.15, -0.1) is 0 Å². The molecule has 0 fully saturated rings. The summed E-state index contributed by atoms with van der Waals surface area (Å²) in [4.78, 5) is 0. The van der Waals surface area contributed by atoms with Crippen molar-refractivity contribution < 1.29 is 9.84 Å². The molecule has 0 saturated heterocycles. The monoisotopic (exact) mass is 354 g/mol. The zero-order chi connectivity index (χ0) is 13.2. The molecule has 0 amide bonds. The van der Waals surface area contributed by atoms with Crippen LogP contribution in [0.5, 0.6) is 5.75 Å². The first-order chi connectivity index (χ1) is 8.54. The first-order valence-corrected chi connectivity index (χ1v) is 6.75. The van der Waals surface area contributed by atoms with Crippen LogP contribution in [0, 0.1) is 3.57 Å². The third kappa shape index (κ3) is 2.67. The van der Waals surface area contributed by atoms with E-state index in [0.29, 0.717) is 0 Å². The van der Waals surface area contributed by atoms with Gasteiger partial charge in [0, 0.05) is 3.57 Å². The van der Waals surface area contributed by atoms with Crippen LogP contribution in [0.25, 0.3) is 0 Å². The molecule has 2 rings (SSSR count). The van der Waals surface area contributed by atoms with Crippen LogP contribution in [-0.4, -0.2) is 12.2 Å². The maximum atomic E-state index is 10.7. The van der Waals surface area contributed by atoms with Gasteiger partial charge in [-0.05, 0) is 64.9 Å². The topological polar surface area (TPSA) is 29.5 Å². The summed E-state index contributed by atoms with van der Waals surface area (Å²) in [6.45, 7) is 1.80. The highest BCUT2D eigenvalue weighted by Gasteiger charge is 2.25. The molecule has 1 atom stereocenters. The van der Waals surface area contributed by atoms with Gasteiger partial charge < -0.3 is 9.84 Å². The van der Waals surface area contributed by atoms with E-state index in [-0.39, 0.29) is 0 Å². The summed E-state index contributed by atoms with van der Waals surface area (Å²) in [5.74, 6) is 0.748. The van der Waals surface area contributed by atoms with Crippen molar-refractivity contribution >= 4 is 22.6 Å². The Balaban J connectivity index is 2.43. The highest BCUT2D eigenvalue weighted by molar-refractivity contribution is 14.1. The molecule has 0 spiro atoms. The molecule has 0 unspecified atom stereocenters. The molecular formula is C15H15IO2. The van der Waals surface area contributed by atoms with Crippen LogP contribution < -0.4 is 4.74 Å². The van der Waals surface area contributed by atoms with Gasteiger partial charge in [-0.3, -0.25) is 0 Å². The molecule has 2 nitrogen and oxygen atoms in total. The van der Waals surface area contributed by atoms with Crippen molar-refractivity contribution in [3.8, 4) is 5.75 Å². The first-order valence-electron chi connectivity index (χ1n) is 5.67. The van der Waals surface area contributed by atoms with Gasteiger partial charge in [0.2, 0.25) is 0 Å². The highest BCUT2D eigenvalue weighted by atomic mass is 127. The maximum Gasteiger partial charge on any atom is 0.119 e. The largest absolute Gasteiger partial charge is 0.497 e. The average Bonchev–Trinajstić information content (AvgIpc) is 2.39. The second-order valence-electron chi connectivity index (χ2n) is 4.31. The van der Waals surface area contributed by atoms with Crippen molar-refractivity contribution in [1.29, 1.82) is 0 Å². The molecule has 18 heavy (non-hydrogen) atoms. The van der Waals surface area contributed by atoms with Gasteiger partial charge in [0.15, 0.2) is 0 Å². The summed E-state index contributed by atoms with van der Waals surface area (Å²) in [5.41, 5.74) is 0.679. The number of aliphatic hydroxyl groups is 1. The van der Waals surface area contributed by atoms with Crippen LogP contribution in [0.3, 0.4) is 0 Å². The van der Waals surface area contributed by atoms with Crippen LogP contribution in [-0.2, 0) is 5.60 Å². The number of ether oxygens (including phenoxy) is 1. The predicted octanol–water partition coefficient (Wildman–Crippen LogP) is 3.56. The van der Waals surface area contributed by atoms with Crippen LogP contribution in [0.1, 0.15) is 18.1 Å². The van der Waals surface area contributed by atoms with Gasteiger partial charge in [0.25, 0.3) is 0 Å². The number of rotatable bonds is 3. The van der Waals surface area contributed by atoms with Crippen LogP contribution >= 0.6 is 22.6 Å². The summed E-state index contributed by atoms with van der Waals surface area (Å²) in [6, 6.07) is 15.4. The fourth-order valence-corrected chi connectivity index (χ4v) is 2.23. The van der Waals surface area contributed by atoms with Gasteiger partial charge >= 0.3 is 0 Å². The minimum absolute atomic E-state index is 0.748. The molecule has 3 heteroatoms. The number of hydrogen-bond acceptors (Lipinski definition) is 2. The Morgan fingerprint density at radius 1 is 1.06 bits per heavy atom. The van der Waals surface area contributed by atoms with Gasteiger partial charge in [0.1, 0.15) is 11.4 Å². The fraction of sp³-hybridized carbons (Fsp3) is 0.200. The molecule has 2 aromatic carbocycles. The Kier molecular flexibility index (Phi) is 3.92. The SMILES string of the molecule is COc1cccc([C@@](C)(O)c2ccc(I)cc2)c1. The number of methoxy groups -OCH3 is 1. The van der Waals surface area contributed by atoms with Crippen molar-refractivity contribution in [3.05, 3.63) is 63.2 Å². The molecule has 0 aliphatic heterocycles. The Bertz CT molecular complexity index is 532. The van der Waals surface area contributed by atoms with Crippen molar-refractivity contribution in [2.24, 2.45) is 0 Å². The third-order valence-electron chi connectivity index (χ3n) is 3.04. The molecule has 2 aromatic rings. The zero-order valence-electron chi connectivity index (χ0n) is 10.4. The lowest BCUT2D eigenvalue weighted by molar-refractivity contribution is 0.102. The quantitative estimate of drug-likeness (QED) is 0.855. The van der Waals surface area contributed by atoms with Crippen molar-refractivity contribution in [3.63, 3.8) is 0 Å². The molecular weight excluding hydrogens is 339 g/mol. The standard InChI is InChI=1S/C15H15IO2/c1-15(17,11-6-8-13(16)9-7-11)12-4-3-5-14(10-12)18-2/h3-10,17H,1-2H3/t15-/m0/s1. The second kappa shape index (κ2) is 5.28.